The molecule has 4 rings (SSSR count). The van der Waals surface area contributed by atoms with E-state index in [2.05, 4.69) is 12.2 Å². The van der Waals surface area contributed by atoms with Crippen LogP contribution in [0.15, 0.2) is 52.0 Å². The average molecular weight is 489 g/mol. The average Bonchev–Trinajstić information content (AvgIpc) is 3.46. The molecule has 10 heteroatoms. The fraction of sp³-hybridized carbons (Fsp3) is 0.304. The molecule has 3 aromatic rings. The number of hydrogen-bond donors (Lipinski definition) is 1. The number of carbonyl (C=O) groups is 2. The van der Waals surface area contributed by atoms with Crippen molar-refractivity contribution in [3.8, 4) is 0 Å². The molecule has 1 unspecified atom stereocenters. The van der Waals surface area contributed by atoms with E-state index in [4.69, 9.17) is 9.25 Å². The lowest BCUT2D eigenvalue weighted by atomic mass is 9.87. The van der Waals surface area contributed by atoms with Gasteiger partial charge in [0.2, 0.25) is 5.78 Å². The summed E-state index contributed by atoms with van der Waals surface area (Å²) < 4.78 is 30.8. The molecule has 0 saturated heterocycles. The number of hydroxylamine groups is 1. The SMILES string of the molecule is CON(C)S(=O)(=O)c1ccc(C(=O)Nc2sc3c(c2C(=O)c2ccco2)CCC(C)C3)cc1. The maximum Gasteiger partial charge on any atom is 0.264 e. The number of amides is 1. The fourth-order valence-corrected chi connectivity index (χ4v) is 6.19. The quantitative estimate of drug-likeness (QED) is 0.396. The van der Waals surface area contributed by atoms with Gasteiger partial charge in [-0.15, -0.1) is 11.3 Å². The third-order valence-corrected chi connectivity index (χ3v) is 8.58. The Morgan fingerprint density at radius 3 is 2.58 bits per heavy atom. The maximum atomic E-state index is 13.2. The lowest BCUT2D eigenvalue weighted by molar-refractivity contribution is -0.0258. The van der Waals surface area contributed by atoms with Crippen LogP contribution in [0, 0.1) is 5.92 Å². The summed E-state index contributed by atoms with van der Waals surface area (Å²) in [6.45, 7) is 2.17. The normalized spacial score (nSPS) is 15.9. The third kappa shape index (κ3) is 4.51. The molecule has 0 saturated carbocycles. The third-order valence-electron chi connectivity index (χ3n) is 5.72. The molecule has 0 spiro atoms. The number of rotatable bonds is 7. The molecule has 2 heterocycles. The number of thiophene rings is 1. The predicted molar refractivity (Wildman–Crippen MR) is 124 cm³/mol. The molecule has 174 valence electrons. The molecule has 8 nitrogen and oxygen atoms in total. The van der Waals surface area contributed by atoms with Crippen molar-refractivity contribution >= 4 is 38.1 Å². The number of nitrogens with one attached hydrogen (secondary N) is 1. The minimum absolute atomic E-state index is 0.00217. The molecule has 0 fully saturated rings. The number of sulfonamides is 1. The van der Waals surface area contributed by atoms with Crippen molar-refractivity contribution < 1.29 is 27.3 Å². The van der Waals surface area contributed by atoms with E-state index in [0.717, 1.165) is 34.2 Å². The maximum absolute atomic E-state index is 13.2. The zero-order chi connectivity index (χ0) is 23.8. The van der Waals surface area contributed by atoms with Gasteiger partial charge in [0.1, 0.15) is 5.00 Å². The molecular weight excluding hydrogens is 464 g/mol. The summed E-state index contributed by atoms with van der Waals surface area (Å²) in [6, 6.07) is 8.80. The molecule has 1 N–H and O–H groups in total. The van der Waals surface area contributed by atoms with Gasteiger partial charge in [-0.1, -0.05) is 11.4 Å². The number of carbonyl (C=O) groups excluding carboxylic acids is 2. The van der Waals surface area contributed by atoms with Gasteiger partial charge in [0.25, 0.3) is 15.9 Å². The van der Waals surface area contributed by atoms with E-state index in [9.17, 15) is 18.0 Å². The number of anilines is 1. The van der Waals surface area contributed by atoms with Gasteiger partial charge in [-0.05, 0) is 67.1 Å². The second kappa shape index (κ2) is 9.22. The van der Waals surface area contributed by atoms with Gasteiger partial charge in [0, 0.05) is 17.5 Å². The molecule has 0 aliphatic heterocycles. The highest BCUT2D eigenvalue weighted by Gasteiger charge is 2.30. The van der Waals surface area contributed by atoms with Crippen LogP contribution in [0.25, 0.3) is 0 Å². The second-order valence-corrected chi connectivity index (χ2v) is 11.0. The number of nitrogens with zero attached hydrogens (tertiary/aromatic N) is 1. The van der Waals surface area contributed by atoms with E-state index in [1.165, 1.54) is 56.0 Å². The van der Waals surface area contributed by atoms with Crippen LogP contribution in [0.4, 0.5) is 5.00 Å². The molecule has 33 heavy (non-hydrogen) atoms. The topological polar surface area (TPSA) is 106 Å². The Bertz CT molecular complexity index is 1280. The molecule has 1 aliphatic carbocycles. The van der Waals surface area contributed by atoms with Gasteiger partial charge < -0.3 is 9.73 Å². The van der Waals surface area contributed by atoms with Crippen LogP contribution in [-0.2, 0) is 27.7 Å². The first-order valence-corrected chi connectivity index (χ1v) is 12.6. The lowest BCUT2D eigenvalue weighted by Gasteiger charge is -2.18. The molecule has 0 bridgehead atoms. The van der Waals surface area contributed by atoms with E-state index in [-0.39, 0.29) is 22.0 Å². The standard InChI is InChI=1S/C23H24N2O6S2/c1-14-6-11-17-19(13-14)32-23(20(17)21(26)18-5-4-12-31-18)24-22(27)15-7-9-16(10-8-15)33(28,29)25(2)30-3/h4-5,7-10,12,14H,6,11,13H2,1-3H3,(H,24,27). The highest BCUT2D eigenvalue weighted by Crippen LogP contribution is 2.41. The molecule has 1 aliphatic rings. The summed E-state index contributed by atoms with van der Waals surface area (Å²) in [6.07, 6.45) is 4.04. The van der Waals surface area contributed by atoms with E-state index in [0.29, 0.717) is 16.5 Å². The first-order valence-electron chi connectivity index (χ1n) is 10.4. The zero-order valence-electron chi connectivity index (χ0n) is 18.5. The Morgan fingerprint density at radius 2 is 1.94 bits per heavy atom. The molecule has 2 aromatic heterocycles. The van der Waals surface area contributed by atoms with Crippen molar-refractivity contribution in [1.29, 1.82) is 0 Å². The number of furan rings is 1. The number of fused-ring (bicyclic) bond motifs is 1. The Hall–Kier alpha value is -2.79. The Labute approximate surface area is 196 Å². The van der Waals surface area contributed by atoms with Gasteiger partial charge >= 0.3 is 0 Å². The second-order valence-electron chi connectivity index (χ2n) is 7.94. The summed E-state index contributed by atoms with van der Waals surface area (Å²) in [4.78, 5) is 32.0. The van der Waals surface area contributed by atoms with Crippen LogP contribution in [-0.4, -0.2) is 38.7 Å². The fourth-order valence-electron chi connectivity index (χ4n) is 3.81. The summed E-state index contributed by atoms with van der Waals surface area (Å²) in [5.41, 5.74) is 1.72. The number of hydrogen-bond acceptors (Lipinski definition) is 7. The van der Waals surface area contributed by atoms with Crippen molar-refractivity contribution in [2.75, 3.05) is 19.5 Å². The summed E-state index contributed by atoms with van der Waals surface area (Å²) in [5, 5.41) is 3.35. The predicted octanol–water partition coefficient (Wildman–Crippen LogP) is 4.13. The van der Waals surface area contributed by atoms with E-state index >= 15 is 0 Å². The minimum atomic E-state index is -3.81. The largest absolute Gasteiger partial charge is 0.461 e. The van der Waals surface area contributed by atoms with Crippen LogP contribution < -0.4 is 5.32 Å². The Balaban J connectivity index is 1.64. The van der Waals surface area contributed by atoms with Crippen molar-refractivity contribution in [1.82, 2.24) is 4.47 Å². The highest BCUT2D eigenvalue weighted by atomic mass is 32.2. The zero-order valence-corrected chi connectivity index (χ0v) is 20.1. The van der Waals surface area contributed by atoms with Crippen LogP contribution in [0.5, 0.6) is 0 Å². The minimum Gasteiger partial charge on any atom is -0.461 e. The Kier molecular flexibility index (Phi) is 6.53. The first kappa shape index (κ1) is 23.4. The summed E-state index contributed by atoms with van der Waals surface area (Å²) in [7, 11) is -1.28. The van der Waals surface area contributed by atoms with Crippen molar-refractivity contribution in [3.05, 3.63) is 70.0 Å². The van der Waals surface area contributed by atoms with Gasteiger partial charge in [-0.2, -0.15) is 0 Å². The van der Waals surface area contributed by atoms with Gasteiger partial charge in [0.15, 0.2) is 5.76 Å². The smallest absolute Gasteiger partial charge is 0.264 e. The number of benzene rings is 1. The van der Waals surface area contributed by atoms with E-state index in [1.54, 1.807) is 12.1 Å². The lowest BCUT2D eigenvalue weighted by Crippen LogP contribution is -2.25. The molecule has 1 amide bonds. The molecule has 0 radical (unpaired) electrons. The van der Waals surface area contributed by atoms with E-state index < -0.39 is 15.9 Å². The van der Waals surface area contributed by atoms with Gasteiger partial charge in [-0.25, -0.2) is 8.42 Å². The number of ketones is 1. The molecule has 1 aromatic carbocycles. The van der Waals surface area contributed by atoms with Crippen LogP contribution in [0.1, 0.15) is 50.3 Å². The van der Waals surface area contributed by atoms with Crippen LogP contribution >= 0.6 is 11.3 Å². The summed E-state index contributed by atoms with van der Waals surface area (Å²) >= 11 is 1.42. The summed E-state index contributed by atoms with van der Waals surface area (Å²) in [5.74, 6) is 0.0399. The first-order chi connectivity index (χ1) is 15.7. The highest BCUT2D eigenvalue weighted by molar-refractivity contribution is 7.89. The van der Waals surface area contributed by atoms with E-state index in [1.807, 2.05) is 0 Å². The van der Waals surface area contributed by atoms with Gasteiger partial charge in [-0.3, -0.25) is 14.4 Å². The van der Waals surface area contributed by atoms with Crippen molar-refractivity contribution in [2.24, 2.45) is 5.92 Å². The monoisotopic (exact) mass is 488 g/mol. The molecule has 1 atom stereocenters. The van der Waals surface area contributed by atoms with Crippen molar-refractivity contribution in [2.45, 2.75) is 31.1 Å². The Morgan fingerprint density at radius 1 is 1.21 bits per heavy atom. The van der Waals surface area contributed by atoms with Gasteiger partial charge in [0.05, 0.1) is 23.8 Å². The van der Waals surface area contributed by atoms with Crippen LogP contribution in [0.3, 0.4) is 0 Å². The molecular formula is C23H24N2O6S2. The van der Waals surface area contributed by atoms with Crippen LogP contribution in [0.2, 0.25) is 0 Å². The van der Waals surface area contributed by atoms with Crippen molar-refractivity contribution in [3.63, 3.8) is 0 Å².